The van der Waals surface area contributed by atoms with Gasteiger partial charge in [0, 0.05) is 33.2 Å². The van der Waals surface area contributed by atoms with Crippen LogP contribution in [0, 0.1) is 0 Å². The van der Waals surface area contributed by atoms with Crippen LogP contribution in [0.15, 0.2) is 277 Å². The van der Waals surface area contributed by atoms with E-state index in [9.17, 15) is 0 Å². The van der Waals surface area contributed by atoms with E-state index in [1.807, 2.05) is 12.1 Å². The molecule has 0 bridgehead atoms. The molecule has 0 N–H and O–H groups in total. The van der Waals surface area contributed by atoms with Crippen molar-refractivity contribution < 1.29 is 4.42 Å². The summed E-state index contributed by atoms with van der Waals surface area (Å²) < 4.78 is 6.54. The molecule has 0 aliphatic heterocycles. The zero-order chi connectivity index (χ0) is 45.2. The molecule has 1 aromatic heterocycles. The Hall–Kier alpha value is -8.98. The molecule has 320 valence electrons. The van der Waals surface area contributed by atoms with Gasteiger partial charge in [-0.25, -0.2) is 0 Å². The molecule has 0 saturated heterocycles. The number of hydrogen-bond acceptors (Lipinski definition) is 2. The molecular formula is C66H45NO. The van der Waals surface area contributed by atoms with Gasteiger partial charge in [-0.2, -0.15) is 0 Å². The number of para-hydroxylation sites is 4. The van der Waals surface area contributed by atoms with Crippen molar-refractivity contribution in [2.24, 2.45) is 0 Å². The van der Waals surface area contributed by atoms with Crippen LogP contribution in [0.5, 0.6) is 0 Å². The van der Waals surface area contributed by atoms with E-state index >= 15 is 0 Å². The maximum atomic E-state index is 6.54. The summed E-state index contributed by atoms with van der Waals surface area (Å²) in [5.41, 5.74) is 21.1. The van der Waals surface area contributed by atoms with Crippen LogP contribution in [0.1, 0.15) is 0 Å². The molecular weight excluding hydrogens is 823 g/mol. The number of fused-ring (bicyclic) bond motifs is 3. The summed E-state index contributed by atoms with van der Waals surface area (Å²) in [5.74, 6) is 0. The predicted molar refractivity (Wildman–Crippen MR) is 286 cm³/mol. The van der Waals surface area contributed by atoms with Gasteiger partial charge < -0.3 is 9.32 Å². The van der Waals surface area contributed by atoms with Gasteiger partial charge in [-0.1, -0.05) is 243 Å². The number of hydrogen-bond donors (Lipinski definition) is 0. The molecule has 0 aliphatic rings. The second kappa shape index (κ2) is 17.8. The lowest BCUT2D eigenvalue weighted by Crippen LogP contribution is -2.12. The van der Waals surface area contributed by atoms with E-state index in [4.69, 9.17) is 4.42 Å². The molecule has 0 amide bonds. The number of anilines is 3. The number of furan rings is 1. The van der Waals surface area contributed by atoms with Crippen LogP contribution in [0.3, 0.4) is 0 Å². The molecule has 0 atom stereocenters. The Morgan fingerprint density at radius 1 is 0.235 bits per heavy atom. The molecule has 2 nitrogen and oxygen atoms in total. The summed E-state index contributed by atoms with van der Waals surface area (Å²) in [6.45, 7) is 0. The summed E-state index contributed by atoms with van der Waals surface area (Å²) in [7, 11) is 0. The van der Waals surface area contributed by atoms with Crippen molar-refractivity contribution in [2.75, 3.05) is 4.90 Å². The maximum Gasteiger partial charge on any atom is 0.143 e. The van der Waals surface area contributed by atoms with Gasteiger partial charge in [-0.05, 0) is 91.5 Å². The molecule has 0 saturated carbocycles. The fourth-order valence-corrected chi connectivity index (χ4v) is 9.95. The first-order chi connectivity index (χ1) is 33.8. The fraction of sp³-hybridized carbons (Fsp3) is 0. The second-order valence-electron chi connectivity index (χ2n) is 17.1. The van der Waals surface area contributed by atoms with Crippen LogP contribution in [0.25, 0.3) is 99.8 Å². The zero-order valence-corrected chi connectivity index (χ0v) is 37.3. The van der Waals surface area contributed by atoms with Gasteiger partial charge in [0.25, 0.3) is 0 Å². The summed E-state index contributed by atoms with van der Waals surface area (Å²) in [5, 5.41) is 2.24. The highest BCUT2D eigenvalue weighted by Crippen LogP contribution is 2.50. The first-order valence-electron chi connectivity index (χ1n) is 23.3. The lowest BCUT2D eigenvalue weighted by Gasteiger charge is -2.31. The normalized spacial score (nSPS) is 11.2. The van der Waals surface area contributed by atoms with Crippen molar-refractivity contribution in [3.8, 4) is 77.9 Å². The lowest BCUT2D eigenvalue weighted by atomic mass is 9.84. The maximum absolute atomic E-state index is 6.54. The Labute approximate surface area is 397 Å². The number of rotatable bonds is 10. The quantitative estimate of drug-likeness (QED) is 0.136. The second-order valence-corrected chi connectivity index (χ2v) is 17.1. The van der Waals surface area contributed by atoms with Crippen LogP contribution in [-0.4, -0.2) is 0 Å². The Kier molecular flexibility index (Phi) is 10.6. The van der Waals surface area contributed by atoms with E-state index in [-0.39, 0.29) is 0 Å². The lowest BCUT2D eigenvalue weighted by molar-refractivity contribution is 0.670. The zero-order valence-electron chi connectivity index (χ0n) is 37.3. The minimum absolute atomic E-state index is 0.893. The molecule has 0 unspecified atom stereocenters. The molecule has 1 heterocycles. The van der Waals surface area contributed by atoms with Crippen molar-refractivity contribution in [1.82, 2.24) is 0 Å². The molecule has 12 aromatic rings. The minimum Gasteiger partial charge on any atom is -0.455 e. The van der Waals surface area contributed by atoms with Crippen LogP contribution >= 0.6 is 0 Å². The van der Waals surface area contributed by atoms with Crippen LogP contribution < -0.4 is 4.90 Å². The third-order valence-electron chi connectivity index (χ3n) is 13.2. The van der Waals surface area contributed by atoms with Gasteiger partial charge in [0.05, 0.1) is 11.4 Å². The molecule has 0 fully saturated rings. The van der Waals surface area contributed by atoms with E-state index < -0.39 is 0 Å². The monoisotopic (exact) mass is 867 g/mol. The van der Waals surface area contributed by atoms with Crippen molar-refractivity contribution >= 4 is 39.0 Å². The van der Waals surface area contributed by atoms with Crippen molar-refractivity contribution in [3.05, 3.63) is 273 Å². The van der Waals surface area contributed by atoms with E-state index in [0.29, 0.717) is 0 Å². The highest BCUT2D eigenvalue weighted by Gasteiger charge is 2.24. The summed E-state index contributed by atoms with van der Waals surface area (Å²) in [6.07, 6.45) is 0. The minimum atomic E-state index is 0.893. The Morgan fingerprint density at radius 3 is 1.35 bits per heavy atom. The molecule has 2 heteroatoms. The van der Waals surface area contributed by atoms with Gasteiger partial charge >= 0.3 is 0 Å². The van der Waals surface area contributed by atoms with Gasteiger partial charge in [0.2, 0.25) is 0 Å². The third-order valence-corrected chi connectivity index (χ3v) is 13.2. The largest absolute Gasteiger partial charge is 0.455 e. The average molecular weight is 868 g/mol. The smallest absolute Gasteiger partial charge is 0.143 e. The van der Waals surface area contributed by atoms with E-state index in [1.165, 1.54) is 44.5 Å². The summed E-state index contributed by atoms with van der Waals surface area (Å²) >= 11 is 0. The first-order valence-corrected chi connectivity index (χ1v) is 23.3. The van der Waals surface area contributed by atoms with Crippen molar-refractivity contribution in [2.45, 2.75) is 0 Å². The first kappa shape index (κ1) is 40.5. The van der Waals surface area contributed by atoms with E-state index in [2.05, 4.69) is 266 Å². The standard InChI is InChI=1S/C66H45NO/c1-4-20-46(21-5-1)47-38-40-50(41-39-47)54-27-12-15-35-62(54)67(52-44-42-51(43-45-52)56-32-19-34-61-58-29-14-17-37-64(58)68-66(56)61)63-36-16-13-28-57(63)60-33-18-31-55(49-24-8-3-9-25-49)65(60)59-30-11-10-26-53(59)48-22-6-2-7-23-48/h1-45H. The van der Waals surface area contributed by atoms with Crippen LogP contribution in [0.2, 0.25) is 0 Å². The topological polar surface area (TPSA) is 16.4 Å². The fourth-order valence-electron chi connectivity index (χ4n) is 9.95. The van der Waals surface area contributed by atoms with E-state index in [0.717, 1.165) is 72.4 Å². The van der Waals surface area contributed by atoms with Gasteiger partial charge in [-0.15, -0.1) is 0 Å². The molecule has 68 heavy (non-hydrogen) atoms. The molecule has 0 radical (unpaired) electrons. The highest BCUT2D eigenvalue weighted by molar-refractivity contribution is 6.10. The average Bonchev–Trinajstić information content (AvgIpc) is 3.81. The van der Waals surface area contributed by atoms with Crippen molar-refractivity contribution in [1.29, 1.82) is 0 Å². The van der Waals surface area contributed by atoms with Gasteiger partial charge in [0.15, 0.2) is 0 Å². The van der Waals surface area contributed by atoms with Gasteiger partial charge in [0.1, 0.15) is 11.2 Å². The predicted octanol–water partition coefficient (Wildman–Crippen LogP) is 18.7. The molecule has 12 rings (SSSR count). The van der Waals surface area contributed by atoms with Crippen molar-refractivity contribution in [3.63, 3.8) is 0 Å². The number of nitrogens with zero attached hydrogens (tertiary/aromatic N) is 1. The summed E-state index contributed by atoms with van der Waals surface area (Å²) in [6, 6.07) is 98.2. The molecule has 0 aliphatic carbocycles. The van der Waals surface area contributed by atoms with E-state index in [1.54, 1.807) is 0 Å². The Bertz CT molecular complexity index is 3700. The van der Waals surface area contributed by atoms with Crippen LogP contribution in [0.4, 0.5) is 17.1 Å². The van der Waals surface area contributed by atoms with Gasteiger partial charge in [-0.3, -0.25) is 0 Å². The SMILES string of the molecule is c1ccc(-c2ccc(-c3ccccc3N(c3ccc(-c4cccc5c4oc4ccccc45)cc3)c3ccccc3-c3cccc(-c4ccccc4)c3-c3ccccc3-c3ccccc3)cc2)cc1. The Morgan fingerprint density at radius 2 is 0.647 bits per heavy atom. The highest BCUT2D eigenvalue weighted by atomic mass is 16.3. The Balaban J connectivity index is 1.07. The summed E-state index contributed by atoms with van der Waals surface area (Å²) in [4.78, 5) is 2.45. The van der Waals surface area contributed by atoms with Crippen LogP contribution in [-0.2, 0) is 0 Å². The number of benzene rings is 11. The third kappa shape index (κ3) is 7.45. The molecule has 11 aromatic carbocycles. The molecule has 0 spiro atoms.